The Morgan fingerprint density at radius 3 is 2.79 bits per heavy atom. The van der Waals surface area contributed by atoms with E-state index >= 15 is 0 Å². The zero-order chi connectivity index (χ0) is 22.6. The lowest BCUT2D eigenvalue weighted by Crippen LogP contribution is -2.18. The SMILES string of the molecule is O=C(O)CC(c1cnc2ccccc2c1)n1ncc(CCCc2ccc3c(n2)CCCC3)n1. The summed E-state index contributed by atoms with van der Waals surface area (Å²) >= 11 is 0. The summed E-state index contributed by atoms with van der Waals surface area (Å²) in [6.07, 6.45) is 10.7. The van der Waals surface area contributed by atoms with Crippen molar-refractivity contribution < 1.29 is 9.90 Å². The Balaban J connectivity index is 1.28. The molecule has 3 heterocycles. The van der Waals surface area contributed by atoms with Crippen LogP contribution in [0.2, 0.25) is 0 Å². The highest BCUT2D eigenvalue weighted by atomic mass is 16.4. The van der Waals surface area contributed by atoms with Gasteiger partial charge >= 0.3 is 5.97 Å². The first kappa shape index (κ1) is 21.2. The van der Waals surface area contributed by atoms with E-state index in [1.165, 1.54) is 28.9 Å². The summed E-state index contributed by atoms with van der Waals surface area (Å²) in [5.41, 5.74) is 6.33. The molecule has 1 unspecified atom stereocenters. The second kappa shape index (κ2) is 9.48. The number of carboxylic acid groups (broad SMARTS) is 1. The van der Waals surface area contributed by atoms with Crippen molar-refractivity contribution in [2.75, 3.05) is 0 Å². The van der Waals surface area contributed by atoms with Gasteiger partial charge in [0.25, 0.3) is 0 Å². The molecular formula is C26H27N5O2. The topological polar surface area (TPSA) is 93.8 Å². The molecule has 1 N–H and O–H groups in total. The number of hydrogen-bond donors (Lipinski definition) is 1. The van der Waals surface area contributed by atoms with E-state index in [9.17, 15) is 9.90 Å². The van der Waals surface area contributed by atoms with Crippen molar-refractivity contribution in [3.05, 3.63) is 83.1 Å². The van der Waals surface area contributed by atoms with Gasteiger partial charge in [-0.15, -0.1) is 0 Å². The maximum absolute atomic E-state index is 11.6. The van der Waals surface area contributed by atoms with E-state index < -0.39 is 12.0 Å². The van der Waals surface area contributed by atoms with E-state index in [0.29, 0.717) is 0 Å². The fraction of sp³-hybridized carbons (Fsp3) is 0.346. The average molecular weight is 442 g/mol. The summed E-state index contributed by atoms with van der Waals surface area (Å²) in [7, 11) is 0. The fourth-order valence-electron chi connectivity index (χ4n) is 4.56. The lowest BCUT2D eigenvalue weighted by Gasteiger charge is -2.15. The third-order valence-electron chi connectivity index (χ3n) is 6.30. The fourth-order valence-corrected chi connectivity index (χ4v) is 4.56. The molecule has 3 aromatic heterocycles. The number of hydrogen-bond acceptors (Lipinski definition) is 5. The highest BCUT2D eigenvalue weighted by Gasteiger charge is 2.21. The molecule has 0 bridgehead atoms. The summed E-state index contributed by atoms with van der Waals surface area (Å²) in [5.74, 6) is -0.898. The van der Waals surface area contributed by atoms with Gasteiger partial charge in [-0.2, -0.15) is 15.0 Å². The molecule has 0 amide bonds. The monoisotopic (exact) mass is 441 g/mol. The van der Waals surface area contributed by atoms with E-state index in [2.05, 4.69) is 27.3 Å². The van der Waals surface area contributed by atoms with Crippen molar-refractivity contribution in [1.29, 1.82) is 0 Å². The minimum absolute atomic E-state index is 0.104. The highest BCUT2D eigenvalue weighted by Crippen LogP contribution is 2.24. The molecule has 7 heteroatoms. The third kappa shape index (κ3) is 4.92. The molecule has 1 aliphatic carbocycles. The van der Waals surface area contributed by atoms with Crippen LogP contribution in [0.3, 0.4) is 0 Å². The predicted octanol–water partition coefficient (Wildman–Crippen LogP) is 4.34. The zero-order valence-electron chi connectivity index (χ0n) is 18.5. The van der Waals surface area contributed by atoms with E-state index in [-0.39, 0.29) is 6.42 Å². The van der Waals surface area contributed by atoms with Crippen molar-refractivity contribution >= 4 is 16.9 Å². The van der Waals surface area contributed by atoms with Crippen molar-refractivity contribution in [1.82, 2.24) is 25.0 Å². The van der Waals surface area contributed by atoms with Crippen LogP contribution in [0.5, 0.6) is 0 Å². The van der Waals surface area contributed by atoms with Crippen molar-refractivity contribution in [2.45, 2.75) is 57.4 Å². The maximum Gasteiger partial charge on any atom is 0.305 e. The first-order valence-corrected chi connectivity index (χ1v) is 11.6. The lowest BCUT2D eigenvalue weighted by atomic mass is 9.95. The first-order chi connectivity index (χ1) is 16.2. The normalized spacial score (nSPS) is 14.2. The van der Waals surface area contributed by atoms with Gasteiger partial charge in [-0.05, 0) is 74.3 Å². The number of carbonyl (C=O) groups is 1. The number of rotatable bonds is 8. The van der Waals surface area contributed by atoms with Crippen LogP contribution in [0.25, 0.3) is 10.9 Å². The van der Waals surface area contributed by atoms with Gasteiger partial charge in [-0.3, -0.25) is 14.8 Å². The molecule has 1 aliphatic rings. The van der Waals surface area contributed by atoms with E-state index in [4.69, 9.17) is 4.98 Å². The Labute approximate surface area is 192 Å². The van der Waals surface area contributed by atoms with E-state index in [0.717, 1.165) is 60.0 Å². The molecular weight excluding hydrogens is 414 g/mol. The quantitative estimate of drug-likeness (QED) is 0.437. The van der Waals surface area contributed by atoms with Crippen LogP contribution in [0, 0.1) is 0 Å². The predicted molar refractivity (Wildman–Crippen MR) is 125 cm³/mol. The van der Waals surface area contributed by atoms with Crippen LogP contribution >= 0.6 is 0 Å². The molecule has 33 heavy (non-hydrogen) atoms. The Morgan fingerprint density at radius 2 is 1.88 bits per heavy atom. The van der Waals surface area contributed by atoms with Gasteiger partial charge in [-0.25, -0.2) is 0 Å². The molecule has 0 aliphatic heterocycles. The maximum atomic E-state index is 11.6. The molecule has 0 saturated heterocycles. The van der Waals surface area contributed by atoms with Crippen LogP contribution in [0.15, 0.2) is 54.9 Å². The Bertz CT molecular complexity index is 1280. The zero-order valence-corrected chi connectivity index (χ0v) is 18.5. The molecule has 4 aromatic rings. The van der Waals surface area contributed by atoms with Crippen molar-refractivity contribution in [2.24, 2.45) is 0 Å². The number of pyridine rings is 2. The summed E-state index contributed by atoms with van der Waals surface area (Å²) in [4.78, 5) is 22.4. The van der Waals surface area contributed by atoms with Crippen LogP contribution in [0.1, 0.15) is 59.9 Å². The molecule has 1 aromatic carbocycles. The number of nitrogens with zero attached hydrogens (tertiary/aromatic N) is 5. The van der Waals surface area contributed by atoms with Crippen molar-refractivity contribution in [3.63, 3.8) is 0 Å². The van der Waals surface area contributed by atoms with E-state index in [1.807, 2.05) is 30.3 Å². The summed E-state index contributed by atoms with van der Waals surface area (Å²) in [6.45, 7) is 0. The standard InChI is InChI=1S/C26H27N5O2/c32-26(33)15-25(20-14-19-7-2-3-10-23(19)27-16-20)31-28-17-22(30-31)9-5-8-21-13-12-18-6-1-4-11-24(18)29-21/h2-3,7,10,12-14,16-17,25H,1,4-6,8-9,11,15H2,(H,32,33). The van der Waals surface area contributed by atoms with Gasteiger partial charge in [0.2, 0.25) is 0 Å². The third-order valence-corrected chi connectivity index (χ3v) is 6.30. The van der Waals surface area contributed by atoms with Crippen LogP contribution in [-0.2, 0) is 30.5 Å². The largest absolute Gasteiger partial charge is 0.481 e. The Morgan fingerprint density at radius 1 is 1.03 bits per heavy atom. The van der Waals surface area contributed by atoms with E-state index in [1.54, 1.807) is 12.4 Å². The van der Waals surface area contributed by atoms with Crippen molar-refractivity contribution in [3.8, 4) is 0 Å². The summed E-state index contributed by atoms with van der Waals surface area (Å²) < 4.78 is 0. The smallest absolute Gasteiger partial charge is 0.305 e. The Hall–Kier alpha value is -3.61. The van der Waals surface area contributed by atoms with Gasteiger partial charge < -0.3 is 5.11 Å². The highest BCUT2D eigenvalue weighted by molar-refractivity contribution is 5.79. The minimum Gasteiger partial charge on any atom is -0.481 e. The number of benzene rings is 1. The number of carboxylic acids is 1. The van der Waals surface area contributed by atoms with Crippen LogP contribution in [0.4, 0.5) is 0 Å². The molecule has 0 fully saturated rings. The van der Waals surface area contributed by atoms with Gasteiger partial charge in [0.15, 0.2) is 0 Å². The lowest BCUT2D eigenvalue weighted by molar-refractivity contribution is -0.137. The molecule has 168 valence electrons. The number of para-hydroxylation sites is 1. The summed E-state index contributed by atoms with van der Waals surface area (Å²) in [5, 5.41) is 19.5. The summed E-state index contributed by atoms with van der Waals surface area (Å²) in [6, 6.07) is 13.6. The average Bonchev–Trinajstić information content (AvgIpc) is 3.30. The molecule has 0 radical (unpaired) electrons. The number of aryl methyl sites for hydroxylation is 4. The number of aliphatic carboxylic acids is 1. The number of aromatic nitrogens is 5. The van der Waals surface area contributed by atoms with Gasteiger partial charge in [0.1, 0.15) is 6.04 Å². The molecule has 0 saturated carbocycles. The van der Waals surface area contributed by atoms with Crippen LogP contribution < -0.4 is 0 Å². The molecule has 7 nitrogen and oxygen atoms in total. The second-order valence-corrected chi connectivity index (χ2v) is 8.70. The Kier molecular flexibility index (Phi) is 6.11. The van der Waals surface area contributed by atoms with Gasteiger partial charge in [-0.1, -0.05) is 24.3 Å². The molecule has 5 rings (SSSR count). The number of fused-ring (bicyclic) bond motifs is 2. The minimum atomic E-state index is -0.898. The molecule has 0 spiro atoms. The molecule has 1 atom stereocenters. The first-order valence-electron chi connectivity index (χ1n) is 11.6. The van der Waals surface area contributed by atoms with Gasteiger partial charge in [0.05, 0.1) is 23.8 Å². The van der Waals surface area contributed by atoms with Crippen LogP contribution in [-0.4, -0.2) is 36.0 Å². The van der Waals surface area contributed by atoms with Gasteiger partial charge in [0, 0.05) is 23.0 Å². The second-order valence-electron chi connectivity index (χ2n) is 8.70.